The molecule has 2 heterocycles. The predicted octanol–water partition coefficient (Wildman–Crippen LogP) is 4.79. The first-order valence-electron chi connectivity index (χ1n) is 10.5. The number of amides is 1. The fourth-order valence-corrected chi connectivity index (χ4v) is 4.68. The molecule has 1 atom stereocenters. The molecule has 1 aliphatic heterocycles. The Morgan fingerprint density at radius 3 is 2.45 bits per heavy atom. The van der Waals surface area contributed by atoms with E-state index in [9.17, 15) is 14.7 Å². The predicted molar refractivity (Wildman–Crippen MR) is 127 cm³/mol. The van der Waals surface area contributed by atoms with Crippen molar-refractivity contribution in [3.63, 3.8) is 0 Å². The highest BCUT2D eigenvalue weighted by Crippen LogP contribution is 2.44. The Bertz CT molecular complexity index is 1230. The van der Waals surface area contributed by atoms with Crippen molar-refractivity contribution in [2.45, 2.75) is 26.8 Å². The van der Waals surface area contributed by atoms with Crippen molar-refractivity contribution in [3.8, 4) is 11.5 Å². The van der Waals surface area contributed by atoms with Crippen LogP contribution in [-0.2, 0) is 9.59 Å². The zero-order valence-corrected chi connectivity index (χ0v) is 19.6. The first-order chi connectivity index (χ1) is 15.8. The first-order valence-corrected chi connectivity index (χ1v) is 11.3. The molecule has 0 saturated carbocycles. The van der Waals surface area contributed by atoms with Gasteiger partial charge in [-0.3, -0.25) is 14.5 Å². The maximum absolute atomic E-state index is 13.2. The second-order valence-corrected chi connectivity index (χ2v) is 8.72. The third-order valence-corrected chi connectivity index (χ3v) is 6.59. The smallest absolute Gasteiger partial charge is 0.301 e. The van der Waals surface area contributed by atoms with Crippen molar-refractivity contribution in [3.05, 3.63) is 75.8 Å². The summed E-state index contributed by atoms with van der Waals surface area (Å²) in [7, 11) is 1.55. The second-order valence-electron chi connectivity index (χ2n) is 7.54. The van der Waals surface area contributed by atoms with Crippen LogP contribution >= 0.6 is 11.3 Å². The number of Topliss-reactive ketones (excluding diaryl/α,β-unsaturated/α-hetero) is 1. The van der Waals surface area contributed by atoms with Crippen LogP contribution < -0.4 is 14.4 Å². The number of thiazole rings is 1. The third kappa shape index (κ3) is 4.09. The van der Waals surface area contributed by atoms with Crippen LogP contribution in [0.5, 0.6) is 11.5 Å². The fourth-order valence-electron chi connectivity index (χ4n) is 3.75. The van der Waals surface area contributed by atoms with Crippen molar-refractivity contribution in [2.24, 2.45) is 0 Å². The molecule has 1 aliphatic rings. The number of methoxy groups -OCH3 is 1. The molecule has 8 heteroatoms. The van der Waals surface area contributed by atoms with E-state index in [0.717, 1.165) is 10.6 Å². The van der Waals surface area contributed by atoms with Crippen LogP contribution in [-0.4, -0.2) is 35.5 Å². The summed E-state index contributed by atoms with van der Waals surface area (Å²) in [6, 6.07) is 13.0. The van der Waals surface area contributed by atoms with Crippen LogP contribution in [0.25, 0.3) is 5.76 Å². The highest BCUT2D eigenvalue weighted by atomic mass is 32.1. The largest absolute Gasteiger partial charge is 0.507 e. The lowest BCUT2D eigenvalue weighted by Crippen LogP contribution is -2.29. The zero-order valence-electron chi connectivity index (χ0n) is 18.8. The van der Waals surface area contributed by atoms with Gasteiger partial charge in [-0.05, 0) is 62.7 Å². The van der Waals surface area contributed by atoms with E-state index in [4.69, 9.17) is 9.47 Å². The molecule has 170 valence electrons. The Balaban J connectivity index is 1.90. The topological polar surface area (TPSA) is 89.0 Å². The first kappa shape index (κ1) is 22.5. The summed E-state index contributed by atoms with van der Waals surface area (Å²) >= 11 is 1.33. The van der Waals surface area contributed by atoms with E-state index >= 15 is 0 Å². The molecule has 4 rings (SSSR count). The molecule has 33 heavy (non-hydrogen) atoms. The number of carbonyl (C=O) groups excluding carboxylic acids is 2. The molecule has 1 fully saturated rings. The van der Waals surface area contributed by atoms with Crippen LogP contribution in [0.1, 0.15) is 34.7 Å². The van der Waals surface area contributed by atoms with E-state index in [1.165, 1.54) is 16.2 Å². The molecule has 0 radical (unpaired) electrons. The van der Waals surface area contributed by atoms with E-state index in [-0.39, 0.29) is 11.3 Å². The number of nitrogens with zero attached hydrogens (tertiary/aromatic N) is 2. The Morgan fingerprint density at radius 1 is 1.12 bits per heavy atom. The number of hydrogen-bond acceptors (Lipinski definition) is 7. The van der Waals surface area contributed by atoms with Gasteiger partial charge in [0.25, 0.3) is 5.78 Å². The molecule has 0 aliphatic carbocycles. The minimum absolute atomic E-state index is 0.00270. The lowest BCUT2D eigenvalue weighted by atomic mass is 9.95. The Kier molecular flexibility index (Phi) is 6.20. The summed E-state index contributed by atoms with van der Waals surface area (Å²) in [5.41, 5.74) is 1.83. The van der Waals surface area contributed by atoms with Gasteiger partial charge in [-0.2, -0.15) is 0 Å². The van der Waals surface area contributed by atoms with E-state index < -0.39 is 17.7 Å². The van der Waals surface area contributed by atoms with Crippen molar-refractivity contribution >= 4 is 33.9 Å². The normalized spacial score (nSPS) is 17.5. The number of benzene rings is 2. The fraction of sp³-hybridized carbons (Fsp3) is 0.240. The molecule has 1 aromatic heterocycles. The molecular formula is C25H24N2O5S. The minimum atomic E-state index is -0.850. The van der Waals surface area contributed by atoms with Gasteiger partial charge in [-0.15, -0.1) is 11.3 Å². The second kappa shape index (κ2) is 9.07. The van der Waals surface area contributed by atoms with Crippen LogP contribution in [0.15, 0.2) is 54.1 Å². The van der Waals surface area contributed by atoms with Crippen molar-refractivity contribution < 1.29 is 24.2 Å². The summed E-state index contributed by atoms with van der Waals surface area (Å²) < 4.78 is 10.8. The van der Waals surface area contributed by atoms with Crippen LogP contribution in [0.3, 0.4) is 0 Å². The van der Waals surface area contributed by atoms with Crippen LogP contribution in [0.2, 0.25) is 0 Å². The van der Waals surface area contributed by atoms with Crippen molar-refractivity contribution in [1.82, 2.24) is 4.98 Å². The average molecular weight is 465 g/mol. The average Bonchev–Trinajstić information content (AvgIpc) is 3.29. The molecule has 0 bridgehead atoms. The highest BCUT2D eigenvalue weighted by molar-refractivity contribution is 7.16. The zero-order chi connectivity index (χ0) is 23.7. The Hall–Kier alpha value is -3.65. The van der Waals surface area contributed by atoms with Gasteiger partial charge in [0.15, 0.2) is 5.13 Å². The van der Waals surface area contributed by atoms with Gasteiger partial charge in [0.2, 0.25) is 0 Å². The Morgan fingerprint density at radius 2 is 1.85 bits per heavy atom. The Labute approximate surface area is 195 Å². The molecule has 3 aromatic rings. The van der Waals surface area contributed by atoms with Gasteiger partial charge in [0.05, 0.1) is 31.0 Å². The maximum atomic E-state index is 13.2. The number of ether oxygens (including phenoxy) is 2. The maximum Gasteiger partial charge on any atom is 0.301 e. The minimum Gasteiger partial charge on any atom is -0.507 e. The van der Waals surface area contributed by atoms with Gasteiger partial charge in [0, 0.05) is 10.4 Å². The van der Waals surface area contributed by atoms with Crippen LogP contribution in [0, 0.1) is 13.8 Å². The molecule has 1 N–H and O–H groups in total. The number of ketones is 1. The molecule has 1 unspecified atom stereocenters. The lowest BCUT2D eigenvalue weighted by Gasteiger charge is -2.23. The number of aliphatic hydroxyl groups excluding tert-OH is 1. The van der Waals surface area contributed by atoms with Gasteiger partial charge in [0.1, 0.15) is 17.3 Å². The molecular weight excluding hydrogens is 440 g/mol. The summed E-state index contributed by atoms with van der Waals surface area (Å²) in [6.45, 7) is 6.16. The molecule has 0 spiro atoms. The summed E-state index contributed by atoms with van der Waals surface area (Å²) in [6.07, 6.45) is 0. The summed E-state index contributed by atoms with van der Waals surface area (Å²) in [5, 5.41) is 11.6. The number of hydrogen-bond donors (Lipinski definition) is 1. The van der Waals surface area contributed by atoms with Crippen LogP contribution in [0.4, 0.5) is 5.13 Å². The number of aryl methyl sites for hydroxylation is 2. The summed E-state index contributed by atoms with van der Waals surface area (Å²) in [5.74, 6) is -0.529. The van der Waals surface area contributed by atoms with Crippen molar-refractivity contribution in [2.75, 3.05) is 18.6 Å². The van der Waals surface area contributed by atoms with Gasteiger partial charge >= 0.3 is 5.91 Å². The number of rotatable bonds is 6. The van der Waals surface area contributed by atoms with Gasteiger partial charge in [-0.1, -0.05) is 12.1 Å². The van der Waals surface area contributed by atoms with E-state index in [2.05, 4.69) is 4.98 Å². The summed E-state index contributed by atoms with van der Waals surface area (Å²) in [4.78, 5) is 33.2. The molecule has 1 saturated heterocycles. The number of carbonyl (C=O) groups is 2. The lowest BCUT2D eigenvalue weighted by molar-refractivity contribution is -0.132. The molecule has 1 amide bonds. The number of anilines is 1. The van der Waals surface area contributed by atoms with Crippen molar-refractivity contribution in [1.29, 1.82) is 0 Å². The van der Waals surface area contributed by atoms with Gasteiger partial charge in [-0.25, -0.2) is 4.98 Å². The molecule has 7 nitrogen and oxygen atoms in total. The quantitative estimate of drug-likeness (QED) is 0.320. The number of aliphatic hydroxyl groups is 1. The standard InChI is InChI=1S/C25H24N2O5S/c1-5-32-18-11-9-16(10-12-18)22(28)20-21(17-7-6-8-19(13-17)31-4)27(24(30)23(20)29)25-26-14(2)15(3)33-25/h6-13,21,28H,5H2,1-4H3/b22-20+. The van der Waals surface area contributed by atoms with E-state index in [0.29, 0.717) is 34.4 Å². The number of aromatic nitrogens is 1. The highest BCUT2D eigenvalue weighted by Gasteiger charge is 2.48. The SMILES string of the molecule is CCOc1ccc(/C(O)=C2\C(=O)C(=O)N(c3nc(C)c(C)s3)C2c2cccc(OC)c2)cc1. The van der Waals surface area contributed by atoms with E-state index in [1.807, 2.05) is 20.8 Å². The third-order valence-electron chi connectivity index (χ3n) is 5.52. The van der Waals surface area contributed by atoms with Gasteiger partial charge < -0.3 is 14.6 Å². The monoisotopic (exact) mass is 464 g/mol. The molecule has 2 aromatic carbocycles. The van der Waals surface area contributed by atoms with E-state index in [1.54, 1.807) is 55.6 Å².